The number of hydrogen-bond acceptors (Lipinski definition) is 7. The molecule has 1 fully saturated rings. The lowest BCUT2D eigenvalue weighted by molar-refractivity contribution is 0.181. The van der Waals surface area contributed by atoms with E-state index in [0.29, 0.717) is 24.9 Å². The second-order valence-electron chi connectivity index (χ2n) is 6.90. The largest absolute Gasteiger partial charge is 0.447 e. The summed E-state index contributed by atoms with van der Waals surface area (Å²) in [7, 11) is 0. The molecule has 5 rings (SSSR count). The van der Waals surface area contributed by atoms with Crippen LogP contribution in [-0.2, 0) is 17.7 Å². The predicted molar refractivity (Wildman–Crippen MR) is 102 cm³/mol. The second-order valence-corrected chi connectivity index (χ2v) is 6.90. The Labute approximate surface area is 161 Å². The van der Waals surface area contributed by atoms with Crippen LogP contribution >= 0.6 is 0 Å². The average molecular weight is 377 g/mol. The van der Waals surface area contributed by atoms with E-state index < -0.39 is 0 Å². The van der Waals surface area contributed by atoms with Crippen molar-refractivity contribution in [2.24, 2.45) is 0 Å². The van der Waals surface area contributed by atoms with Gasteiger partial charge < -0.3 is 14.2 Å². The van der Waals surface area contributed by atoms with Crippen molar-refractivity contribution in [3.63, 3.8) is 0 Å². The van der Waals surface area contributed by atoms with Crippen LogP contribution in [0.1, 0.15) is 17.0 Å². The van der Waals surface area contributed by atoms with Gasteiger partial charge in [0, 0.05) is 24.8 Å². The van der Waals surface area contributed by atoms with Crippen LogP contribution in [0.2, 0.25) is 0 Å². The average Bonchev–Trinajstić information content (AvgIpc) is 3.35. The zero-order valence-electron chi connectivity index (χ0n) is 15.5. The Morgan fingerprint density at radius 2 is 2.11 bits per heavy atom. The third-order valence-corrected chi connectivity index (χ3v) is 5.14. The van der Waals surface area contributed by atoms with Gasteiger partial charge in [0.2, 0.25) is 0 Å². The van der Waals surface area contributed by atoms with E-state index in [2.05, 4.69) is 26.1 Å². The molecule has 0 saturated carbocycles. The van der Waals surface area contributed by atoms with Crippen molar-refractivity contribution in [3.05, 3.63) is 53.5 Å². The number of aromatic nitrogens is 3. The summed E-state index contributed by atoms with van der Waals surface area (Å²) in [6.07, 6.45) is 2.33. The molecule has 1 aromatic carbocycles. The number of rotatable bonds is 3. The Bertz CT molecular complexity index is 1050. The molecule has 0 radical (unpaired) electrons. The summed E-state index contributed by atoms with van der Waals surface area (Å²) in [6.45, 7) is 4.38. The number of anilines is 2. The Kier molecular flexibility index (Phi) is 3.96. The van der Waals surface area contributed by atoms with Gasteiger partial charge in [0.15, 0.2) is 5.82 Å². The van der Waals surface area contributed by atoms with Crippen LogP contribution in [-0.4, -0.2) is 40.9 Å². The van der Waals surface area contributed by atoms with Gasteiger partial charge in [-0.2, -0.15) is 4.98 Å². The highest BCUT2D eigenvalue weighted by Crippen LogP contribution is 2.32. The van der Waals surface area contributed by atoms with Gasteiger partial charge in [0.25, 0.3) is 5.89 Å². The molecule has 0 spiro atoms. The highest BCUT2D eigenvalue weighted by molar-refractivity contribution is 5.90. The fraction of sp³-hybridized carbons (Fsp3) is 0.300. The molecule has 2 aliphatic rings. The summed E-state index contributed by atoms with van der Waals surface area (Å²) in [6, 6.07) is 9.94. The van der Waals surface area contributed by atoms with E-state index in [-0.39, 0.29) is 6.09 Å². The summed E-state index contributed by atoms with van der Waals surface area (Å²) in [5, 5.41) is 3.86. The molecule has 1 saturated heterocycles. The topological polar surface area (TPSA) is 84.6 Å². The van der Waals surface area contributed by atoms with E-state index in [1.54, 1.807) is 18.0 Å². The second kappa shape index (κ2) is 6.63. The zero-order chi connectivity index (χ0) is 19.1. The molecule has 8 heteroatoms. The minimum absolute atomic E-state index is 0.264. The van der Waals surface area contributed by atoms with Crippen LogP contribution in [0.25, 0.3) is 11.5 Å². The predicted octanol–water partition coefficient (Wildman–Crippen LogP) is 2.96. The van der Waals surface area contributed by atoms with Crippen LogP contribution in [0.4, 0.5) is 16.3 Å². The van der Waals surface area contributed by atoms with E-state index in [4.69, 9.17) is 9.26 Å². The van der Waals surface area contributed by atoms with Crippen molar-refractivity contribution in [2.45, 2.75) is 19.9 Å². The molecule has 2 aromatic heterocycles. The third-order valence-electron chi connectivity index (χ3n) is 5.14. The summed E-state index contributed by atoms with van der Waals surface area (Å²) in [5.41, 5.74) is 4.22. The number of benzene rings is 1. The summed E-state index contributed by atoms with van der Waals surface area (Å²) in [5.74, 6) is 1.96. The number of hydrogen-bond donors (Lipinski definition) is 0. The highest BCUT2D eigenvalue weighted by Gasteiger charge is 2.28. The van der Waals surface area contributed by atoms with Crippen molar-refractivity contribution in [1.82, 2.24) is 15.1 Å². The minimum Gasteiger partial charge on any atom is -0.447 e. The number of ether oxygens (including phenoxy) is 1. The lowest BCUT2D eigenvalue weighted by Gasteiger charge is -2.32. The molecule has 4 heterocycles. The zero-order valence-corrected chi connectivity index (χ0v) is 15.5. The maximum Gasteiger partial charge on any atom is 0.414 e. The van der Waals surface area contributed by atoms with Crippen molar-refractivity contribution in [3.8, 4) is 11.5 Å². The third kappa shape index (κ3) is 2.87. The number of carbonyl (C=O) groups excluding carboxylic acids is 1. The van der Waals surface area contributed by atoms with E-state index in [1.165, 1.54) is 11.1 Å². The van der Waals surface area contributed by atoms with Crippen LogP contribution in [0.3, 0.4) is 0 Å². The van der Waals surface area contributed by atoms with Gasteiger partial charge in [0.1, 0.15) is 12.4 Å². The molecule has 142 valence electrons. The van der Waals surface area contributed by atoms with Gasteiger partial charge in [-0.25, -0.2) is 9.78 Å². The first kappa shape index (κ1) is 16.7. The van der Waals surface area contributed by atoms with Gasteiger partial charge >= 0.3 is 6.09 Å². The van der Waals surface area contributed by atoms with Gasteiger partial charge in [-0.05, 0) is 42.7 Å². The smallest absolute Gasteiger partial charge is 0.414 e. The van der Waals surface area contributed by atoms with E-state index in [1.807, 2.05) is 24.3 Å². The van der Waals surface area contributed by atoms with Gasteiger partial charge in [-0.15, -0.1) is 0 Å². The SMILES string of the molecule is Cc1noc(-c2ccnc(N3CCc4c(cccc4N4CCOC4=O)C3)c2)n1. The van der Waals surface area contributed by atoms with Gasteiger partial charge in [-0.1, -0.05) is 17.3 Å². The first-order valence-electron chi connectivity index (χ1n) is 9.26. The number of carbonyl (C=O) groups is 1. The quantitative estimate of drug-likeness (QED) is 0.694. The van der Waals surface area contributed by atoms with E-state index in [9.17, 15) is 4.79 Å². The van der Waals surface area contributed by atoms with Crippen molar-refractivity contribution in [1.29, 1.82) is 0 Å². The lowest BCUT2D eigenvalue weighted by Crippen LogP contribution is -2.33. The maximum absolute atomic E-state index is 12.0. The monoisotopic (exact) mass is 377 g/mol. The maximum atomic E-state index is 12.0. The summed E-state index contributed by atoms with van der Waals surface area (Å²) < 4.78 is 10.4. The molecule has 2 aliphatic heterocycles. The standard InChI is InChI=1S/C20H19N5O3/c1-13-22-19(28-23-13)14-5-7-21-18(11-14)24-8-6-16-15(12-24)3-2-4-17(16)25-9-10-27-20(25)26/h2-5,7,11H,6,8-10,12H2,1H3. The molecule has 1 amide bonds. The molecular formula is C20H19N5O3. The Hall–Kier alpha value is -3.42. The van der Waals surface area contributed by atoms with Crippen LogP contribution in [0.5, 0.6) is 0 Å². The molecule has 3 aromatic rings. The first-order chi connectivity index (χ1) is 13.7. The molecule has 0 aliphatic carbocycles. The highest BCUT2D eigenvalue weighted by atomic mass is 16.6. The molecule has 8 nitrogen and oxygen atoms in total. The van der Waals surface area contributed by atoms with E-state index in [0.717, 1.165) is 36.6 Å². The number of aryl methyl sites for hydroxylation is 1. The fourth-order valence-electron chi connectivity index (χ4n) is 3.79. The summed E-state index contributed by atoms with van der Waals surface area (Å²) >= 11 is 0. The molecular weight excluding hydrogens is 358 g/mol. The van der Waals surface area contributed by atoms with Crippen LogP contribution in [0, 0.1) is 6.92 Å². The number of pyridine rings is 1. The number of cyclic esters (lactones) is 1. The first-order valence-corrected chi connectivity index (χ1v) is 9.26. The molecule has 0 bridgehead atoms. The molecule has 0 atom stereocenters. The van der Waals surface area contributed by atoms with Crippen LogP contribution in [0.15, 0.2) is 41.1 Å². The van der Waals surface area contributed by atoms with Crippen molar-refractivity contribution in [2.75, 3.05) is 29.5 Å². The van der Waals surface area contributed by atoms with E-state index >= 15 is 0 Å². The Morgan fingerprint density at radius 3 is 2.89 bits per heavy atom. The molecule has 0 N–H and O–H groups in total. The number of nitrogens with zero attached hydrogens (tertiary/aromatic N) is 5. The molecule has 0 unspecified atom stereocenters. The van der Waals surface area contributed by atoms with Gasteiger partial charge in [0.05, 0.1) is 12.2 Å². The summed E-state index contributed by atoms with van der Waals surface area (Å²) in [4.78, 5) is 24.8. The number of amides is 1. The Balaban J connectivity index is 1.43. The van der Waals surface area contributed by atoms with Crippen molar-refractivity contribution < 1.29 is 14.1 Å². The Morgan fingerprint density at radius 1 is 1.18 bits per heavy atom. The minimum atomic E-state index is -0.264. The lowest BCUT2D eigenvalue weighted by atomic mass is 9.97. The van der Waals surface area contributed by atoms with Crippen LogP contribution < -0.4 is 9.80 Å². The van der Waals surface area contributed by atoms with Gasteiger partial charge in [-0.3, -0.25) is 4.90 Å². The number of fused-ring (bicyclic) bond motifs is 1. The molecule has 28 heavy (non-hydrogen) atoms. The van der Waals surface area contributed by atoms with Crippen molar-refractivity contribution >= 4 is 17.6 Å². The normalized spacial score (nSPS) is 16.2. The fourth-order valence-corrected chi connectivity index (χ4v) is 3.79.